The highest BCUT2D eigenvalue weighted by Crippen LogP contribution is 2.28. The molecule has 1 aliphatic rings. The highest BCUT2D eigenvalue weighted by molar-refractivity contribution is 5.84. The van der Waals surface area contributed by atoms with Crippen LogP contribution in [0.4, 0.5) is 0 Å². The fraction of sp³-hybridized carbons (Fsp3) is 0.611. The van der Waals surface area contributed by atoms with Gasteiger partial charge in [-0.2, -0.15) is 5.10 Å². The van der Waals surface area contributed by atoms with Crippen molar-refractivity contribution in [1.82, 2.24) is 24.2 Å². The lowest BCUT2D eigenvalue weighted by Crippen LogP contribution is -2.42. The van der Waals surface area contributed by atoms with E-state index in [2.05, 4.69) is 14.6 Å². The number of carbonyl (C=O) groups excluding carboxylic acids is 1. The molecule has 1 saturated heterocycles. The maximum Gasteiger partial charge on any atom is 0.230 e. The molecule has 0 N–H and O–H groups in total. The van der Waals surface area contributed by atoms with Gasteiger partial charge in [0.15, 0.2) is 0 Å². The third-order valence-corrected chi connectivity index (χ3v) is 5.33. The van der Waals surface area contributed by atoms with Crippen LogP contribution >= 0.6 is 0 Å². The molecule has 0 unspecified atom stereocenters. The van der Waals surface area contributed by atoms with E-state index in [4.69, 9.17) is 0 Å². The summed E-state index contributed by atoms with van der Waals surface area (Å²) in [6, 6.07) is 0.327. The molecule has 0 aliphatic carbocycles. The largest absolute Gasteiger partial charge is 0.340 e. The summed E-state index contributed by atoms with van der Waals surface area (Å²) in [5.41, 5.74) is 3.10. The van der Waals surface area contributed by atoms with Gasteiger partial charge in [0.2, 0.25) is 5.91 Å². The first-order valence-electron chi connectivity index (χ1n) is 8.68. The standard InChI is InChI=1S/C18H27N5O/c1-12(17-13(2)20-21(5)14(17)3)18(24)22-9-6-7-16(11-22)23-10-8-19-15(23)4/h8,10,12,16H,6-7,9,11H2,1-5H3/t12-,16+/m1/s1. The minimum atomic E-state index is -0.152. The van der Waals surface area contributed by atoms with Gasteiger partial charge in [0.1, 0.15) is 5.82 Å². The van der Waals surface area contributed by atoms with Crippen molar-refractivity contribution in [2.24, 2.45) is 7.05 Å². The third-order valence-electron chi connectivity index (χ3n) is 5.33. The lowest BCUT2D eigenvalue weighted by atomic mass is 9.95. The summed E-state index contributed by atoms with van der Waals surface area (Å²) in [5.74, 6) is 1.07. The molecule has 6 heteroatoms. The molecule has 0 bridgehead atoms. The Morgan fingerprint density at radius 2 is 2.08 bits per heavy atom. The van der Waals surface area contributed by atoms with Crippen LogP contribution in [0.5, 0.6) is 0 Å². The highest BCUT2D eigenvalue weighted by atomic mass is 16.2. The number of hydrogen-bond donors (Lipinski definition) is 0. The van der Waals surface area contributed by atoms with Crippen molar-refractivity contribution in [3.05, 3.63) is 35.2 Å². The molecule has 6 nitrogen and oxygen atoms in total. The number of nitrogens with zero attached hydrogens (tertiary/aromatic N) is 5. The molecule has 1 aliphatic heterocycles. The lowest BCUT2D eigenvalue weighted by Gasteiger charge is -2.35. The Morgan fingerprint density at radius 3 is 2.67 bits per heavy atom. The number of rotatable bonds is 3. The van der Waals surface area contributed by atoms with Crippen molar-refractivity contribution < 1.29 is 4.79 Å². The van der Waals surface area contributed by atoms with Gasteiger partial charge in [-0.15, -0.1) is 0 Å². The molecule has 1 amide bonds. The van der Waals surface area contributed by atoms with E-state index in [1.54, 1.807) is 0 Å². The summed E-state index contributed by atoms with van der Waals surface area (Å²) in [7, 11) is 1.93. The topological polar surface area (TPSA) is 56.0 Å². The second-order valence-corrected chi connectivity index (χ2v) is 6.89. The van der Waals surface area contributed by atoms with Crippen molar-refractivity contribution in [2.75, 3.05) is 13.1 Å². The minimum absolute atomic E-state index is 0.152. The van der Waals surface area contributed by atoms with Crippen LogP contribution in [0.3, 0.4) is 0 Å². The van der Waals surface area contributed by atoms with Gasteiger partial charge >= 0.3 is 0 Å². The van der Waals surface area contributed by atoms with Gasteiger partial charge in [-0.1, -0.05) is 0 Å². The van der Waals surface area contributed by atoms with Crippen LogP contribution in [0.1, 0.15) is 54.5 Å². The fourth-order valence-corrected chi connectivity index (χ4v) is 3.97. The van der Waals surface area contributed by atoms with Crippen molar-refractivity contribution in [1.29, 1.82) is 0 Å². The predicted molar refractivity (Wildman–Crippen MR) is 92.9 cm³/mol. The van der Waals surface area contributed by atoms with E-state index in [9.17, 15) is 4.79 Å². The van der Waals surface area contributed by atoms with Crippen LogP contribution in [0.25, 0.3) is 0 Å². The first-order chi connectivity index (χ1) is 11.4. The average Bonchev–Trinajstić information content (AvgIpc) is 3.10. The average molecular weight is 329 g/mol. The monoisotopic (exact) mass is 329 g/mol. The first-order valence-corrected chi connectivity index (χ1v) is 8.68. The van der Waals surface area contributed by atoms with Gasteiger partial charge in [0, 0.05) is 43.8 Å². The second kappa shape index (κ2) is 6.42. The van der Waals surface area contributed by atoms with Gasteiger partial charge in [0.05, 0.1) is 17.7 Å². The number of carbonyl (C=O) groups is 1. The van der Waals surface area contributed by atoms with Gasteiger partial charge < -0.3 is 9.47 Å². The zero-order valence-electron chi connectivity index (χ0n) is 15.3. The molecule has 0 aromatic carbocycles. The Balaban J connectivity index is 1.78. The normalized spacial score (nSPS) is 19.5. The molecule has 24 heavy (non-hydrogen) atoms. The molecular weight excluding hydrogens is 302 g/mol. The maximum absolute atomic E-state index is 13.1. The highest BCUT2D eigenvalue weighted by Gasteiger charge is 2.31. The minimum Gasteiger partial charge on any atom is -0.340 e. The van der Waals surface area contributed by atoms with E-state index < -0.39 is 0 Å². The van der Waals surface area contributed by atoms with Crippen LogP contribution in [-0.2, 0) is 11.8 Å². The molecule has 3 rings (SSSR count). The fourth-order valence-electron chi connectivity index (χ4n) is 3.97. The van der Waals surface area contributed by atoms with Crippen molar-refractivity contribution in [2.45, 2.75) is 52.5 Å². The molecule has 0 radical (unpaired) electrons. The molecule has 130 valence electrons. The number of hydrogen-bond acceptors (Lipinski definition) is 3. The summed E-state index contributed by atoms with van der Waals surface area (Å²) in [4.78, 5) is 19.4. The van der Waals surface area contributed by atoms with Crippen LogP contribution in [-0.4, -0.2) is 43.2 Å². The zero-order valence-corrected chi connectivity index (χ0v) is 15.3. The molecule has 2 aromatic heterocycles. The van der Waals surface area contributed by atoms with Crippen molar-refractivity contribution in [3.8, 4) is 0 Å². The number of likely N-dealkylation sites (tertiary alicyclic amines) is 1. The van der Waals surface area contributed by atoms with E-state index in [0.717, 1.165) is 48.7 Å². The number of amides is 1. The van der Waals surface area contributed by atoms with Crippen LogP contribution < -0.4 is 0 Å². The number of aromatic nitrogens is 4. The van der Waals surface area contributed by atoms with Gasteiger partial charge in [-0.05, 0) is 40.5 Å². The number of aryl methyl sites for hydroxylation is 3. The molecule has 3 heterocycles. The molecule has 2 aromatic rings. The van der Waals surface area contributed by atoms with Crippen molar-refractivity contribution in [3.63, 3.8) is 0 Å². The van der Waals surface area contributed by atoms with E-state index in [1.807, 2.05) is 56.7 Å². The zero-order chi connectivity index (χ0) is 17.4. The summed E-state index contributed by atoms with van der Waals surface area (Å²) in [5, 5.41) is 4.46. The Bertz CT molecular complexity index is 745. The van der Waals surface area contributed by atoms with Crippen LogP contribution in [0.15, 0.2) is 12.4 Å². The van der Waals surface area contributed by atoms with Crippen molar-refractivity contribution >= 4 is 5.91 Å². The summed E-state index contributed by atoms with van der Waals surface area (Å²) >= 11 is 0. The van der Waals surface area contributed by atoms with Crippen LogP contribution in [0.2, 0.25) is 0 Å². The Morgan fingerprint density at radius 1 is 1.33 bits per heavy atom. The maximum atomic E-state index is 13.1. The Kier molecular flexibility index (Phi) is 4.47. The number of imidazole rings is 1. The van der Waals surface area contributed by atoms with Gasteiger partial charge in [0.25, 0.3) is 0 Å². The molecule has 2 atom stereocenters. The summed E-state index contributed by atoms with van der Waals surface area (Å²) < 4.78 is 4.06. The Hall–Kier alpha value is -2.11. The summed E-state index contributed by atoms with van der Waals surface area (Å²) in [6.45, 7) is 9.65. The second-order valence-electron chi connectivity index (χ2n) is 6.89. The first kappa shape index (κ1) is 16.7. The SMILES string of the molecule is Cc1nn(C)c(C)c1[C@@H](C)C(=O)N1CCC[C@H](n2ccnc2C)C1. The lowest BCUT2D eigenvalue weighted by molar-refractivity contribution is -0.134. The smallest absolute Gasteiger partial charge is 0.230 e. The van der Waals surface area contributed by atoms with E-state index in [-0.39, 0.29) is 11.8 Å². The van der Waals surface area contributed by atoms with Gasteiger partial charge in [-0.3, -0.25) is 9.48 Å². The number of piperidine rings is 1. The summed E-state index contributed by atoms with van der Waals surface area (Å²) in [6.07, 6.45) is 5.99. The molecule has 0 spiro atoms. The van der Waals surface area contributed by atoms with Gasteiger partial charge in [-0.25, -0.2) is 4.98 Å². The third kappa shape index (κ3) is 2.85. The molecule has 0 saturated carbocycles. The van der Waals surface area contributed by atoms with E-state index in [1.165, 1.54) is 0 Å². The Labute approximate surface area is 143 Å². The quantitative estimate of drug-likeness (QED) is 0.869. The molecule has 1 fully saturated rings. The van der Waals surface area contributed by atoms with E-state index >= 15 is 0 Å². The predicted octanol–water partition coefficient (Wildman–Crippen LogP) is 2.51. The van der Waals surface area contributed by atoms with Crippen LogP contribution in [0, 0.1) is 20.8 Å². The van der Waals surface area contributed by atoms with E-state index in [0.29, 0.717) is 6.04 Å². The molecular formula is C18H27N5O.